The normalized spacial score (nSPS) is 16.7. The highest BCUT2D eigenvalue weighted by molar-refractivity contribution is 5.46. The van der Waals surface area contributed by atoms with Crippen LogP contribution < -0.4 is 5.32 Å². The Bertz CT molecular complexity index is 416. The maximum atomic E-state index is 5.83. The first kappa shape index (κ1) is 13.3. The monoisotopic (exact) mass is 249 g/mol. The van der Waals surface area contributed by atoms with Crippen LogP contribution in [0, 0.1) is 12.8 Å². The van der Waals surface area contributed by atoms with Crippen LogP contribution in [0.25, 0.3) is 0 Å². The highest BCUT2D eigenvalue weighted by Crippen LogP contribution is 2.42. The molecule has 1 saturated carbocycles. The van der Waals surface area contributed by atoms with Gasteiger partial charge in [0.1, 0.15) is 11.9 Å². The van der Waals surface area contributed by atoms with Crippen molar-refractivity contribution in [3.8, 4) is 0 Å². The van der Waals surface area contributed by atoms with Gasteiger partial charge in [0.05, 0.1) is 0 Å². The molecule has 1 heterocycles. The lowest BCUT2D eigenvalue weighted by Crippen LogP contribution is -2.14. The lowest BCUT2D eigenvalue weighted by Gasteiger charge is -2.18. The molecule has 4 heteroatoms. The first-order chi connectivity index (χ1) is 8.71. The van der Waals surface area contributed by atoms with Crippen LogP contribution in [-0.2, 0) is 11.2 Å². The van der Waals surface area contributed by atoms with E-state index in [0.717, 1.165) is 23.8 Å². The number of rotatable bonds is 6. The fourth-order valence-corrected chi connectivity index (χ4v) is 2.37. The van der Waals surface area contributed by atoms with Crippen LogP contribution in [0.1, 0.15) is 49.9 Å². The maximum Gasteiger partial charge on any atom is 0.160 e. The second-order valence-corrected chi connectivity index (χ2v) is 4.81. The van der Waals surface area contributed by atoms with Crippen LogP contribution in [0.4, 0.5) is 5.82 Å². The summed E-state index contributed by atoms with van der Waals surface area (Å²) in [4.78, 5) is 9.31. The Labute approximate surface area is 109 Å². The first-order valence-corrected chi connectivity index (χ1v) is 6.88. The minimum Gasteiger partial charge on any atom is -0.373 e. The van der Waals surface area contributed by atoms with Crippen molar-refractivity contribution in [2.45, 2.75) is 46.1 Å². The third kappa shape index (κ3) is 2.64. The molecule has 2 rings (SSSR count). The van der Waals surface area contributed by atoms with Crippen molar-refractivity contribution < 1.29 is 4.74 Å². The molecule has 4 nitrogen and oxygen atoms in total. The molecule has 1 aromatic rings. The Hall–Kier alpha value is -1.16. The Balaban J connectivity index is 2.34. The van der Waals surface area contributed by atoms with Crippen molar-refractivity contribution >= 4 is 5.82 Å². The Kier molecular flexibility index (Phi) is 4.17. The van der Waals surface area contributed by atoms with Crippen LogP contribution in [-0.4, -0.2) is 23.6 Å². The topological polar surface area (TPSA) is 47.0 Å². The van der Waals surface area contributed by atoms with Crippen molar-refractivity contribution in [2.75, 3.05) is 19.0 Å². The van der Waals surface area contributed by atoms with Gasteiger partial charge < -0.3 is 10.1 Å². The Morgan fingerprint density at radius 2 is 2.06 bits per heavy atom. The molecule has 100 valence electrons. The van der Waals surface area contributed by atoms with Crippen LogP contribution in [0.2, 0.25) is 0 Å². The van der Waals surface area contributed by atoms with Gasteiger partial charge in [0, 0.05) is 24.9 Å². The maximum absolute atomic E-state index is 5.83. The molecule has 1 atom stereocenters. The average molecular weight is 249 g/mol. The van der Waals surface area contributed by atoms with E-state index in [1.807, 2.05) is 14.0 Å². The predicted octanol–water partition coefficient (Wildman–Crippen LogP) is 2.88. The van der Waals surface area contributed by atoms with E-state index in [-0.39, 0.29) is 6.10 Å². The molecule has 0 radical (unpaired) electrons. The van der Waals surface area contributed by atoms with Crippen molar-refractivity contribution in [3.05, 3.63) is 17.1 Å². The smallest absolute Gasteiger partial charge is 0.160 e. The number of nitrogens with zero attached hydrogens (tertiary/aromatic N) is 2. The van der Waals surface area contributed by atoms with E-state index in [1.165, 1.54) is 18.4 Å². The van der Waals surface area contributed by atoms with Crippen molar-refractivity contribution in [3.63, 3.8) is 0 Å². The van der Waals surface area contributed by atoms with Gasteiger partial charge in [-0.2, -0.15) is 0 Å². The highest BCUT2D eigenvalue weighted by atomic mass is 16.5. The molecule has 1 unspecified atom stereocenters. The van der Waals surface area contributed by atoms with Gasteiger partial charge in [-0.3, -0.25) is 0 Å². The summed E-state index contributed by atoms with van der Waals surface area (Å²) >= 11 is 0. The Morgan fingerprint density at radius 1 is 1.33 bits per heavy atom. The second kappa shape index (κ2) is 5.65. The summed E-state index contributed by atoms with van der Waals surface area (Å²) in [6.45, 7) is 6.93. The van der Waals surface area contributed by atoms with E-state index in [9.17, 15) is 0 Å². The first-order valence-electron chi connectivity index (χ1n) is 6.88. The summed E-state index contributed by atoms with van der Waals surface area (Å²) < 4.78 is 5.83. The summed E-state index contributed by atoms with van der Waals surface area (Å²) in [6, 6.07) is 0. The van der Waals surface area contributed by atoms with Crippen molar-refractivity contribution in [2.24, 2.45) is 5.92 Å². The predicted molar refractivity (Wildman–Crippen MR) is 72.8 cm³/mol. The van der Waals surface area contributed by atoms with E-state index < -0.39 is 0 Å². The standard InChI is InChI=1S/C14H23N3O/c1-5-11-9(3)16-14(17-13(11)15-4)12(18-6-2)10-7-8-10/h10,12H,5-8H2,1-4H3,(H,15,16,17). The minimum absolute atomic E-state index is 0.0757. The van der Waals surface area contributed by atoms with E-state index in [4.69, 9.17) is 4.74 Å². The van der Waals surface area contributed by atoms with Gasteiger partial charge in [0.15, 0.2) is 5.82 Å². The number of anilines is 1. The number of hydrogen-bond acceptors (Lipinski definition) is 4. The molecule has 0 aliphatic heterocycles. The molecule has 1 aromatic heterocycles. The zero-order valence-electron chi connectivity index (χ0n) is 11.8. The van der Waals surface area contributed by atoms with E-state index in [1.54, 1.807) is 0 Å². The number of aromatic nitrogens is 2. The van der Waals surface area contributed by atoms with Gasteiger partial charge in [-0.25, -0.2) is 9.97 Å². The summed E-state index contributed by atoms with van der Waals surface area (Å²) in [5, 5.41) is 3.18. The fraction of sp³-hybridized carbons (Fsp3) is 0.714. The molecule has 1 aliphatic carbocycles. The van der Waals surface area contributed by atoms with Crippen molar-refractivity contribution in [1.82, 2.24) is 9.97 Å². The highest BCUT2D eigenvalue weighted by Gasteiger charge is 2.35. The van der Waals surface area contributed by atoms with E-state index in [2.05, 4.69) is 29.1 Å². The summed E-state index contributed by atoms with van der Waals surface area (Å²) in [5.74, 6) is 2.41. The quantitative estimate of drug-likeness (QED) is 0.842. The van der Waals surface area contributed by atoms with Gasteiger partial charge in [0.2, 0.25) is 0 Å². The number of nitrogens with one attached hydrogen (secondary N) is 1. The molecule has 1 N–H and O–H groups in total. The average Bonchev–Trinajstić information content (AvgIpc) is 3.19. The van der Waals surface area contributed by atoms with Crippen molar-refractivity contribution in [1.29, 1.82) is 0 Å². The summed E-state index contributed by atoms with van der Waals surface area (Å²) in [5.41, 5.74) is 2.27. The third-order valence-corrected chi connectivity index (χ3v) is 3.47. The molecular weight excluding hydrogens is 226 g/mol. The van der Waals surface area contributed by atoms with E-state index >= 15 is 0 Å². The van der Waals surface area contributed by atoms with Crippen LogP contribution in [0.15, 0.2) is 0 Å². The lowest BCUT2D eigenvalue weighted by atomic mass is 10.1. The molecule has 0 aromatic carbocycles. The largest absolute Gasteiger partial charge is 0.373 e. The Morgan fingerprint density at radius 3 is 2.56 bits per heavy atom. The van der Waals surface area contributed by atoms with Crippen LogP contribution in [0.3, 0.4) is 0 Å². The van der Waals surface area contributed by atoms with Crippen LogP contribution >= 0.6 is 0 Å². The molecule has 1 aliphatic rings. The van der Waals surface area contributed by atoms with Gasteiger partial charge in [-0.1, -0.05) is 6.92 Å². The molecule has 0 bridgehead atoms. The fourth-order valence-electron chi connectivity index (χ4n) is 2.37. The number of hydrogen-bond donors (Lipinski definition) is 1. The molecular formula is C14H23N3O. The zero-order chi connectivity index (χ0) is 13.1. The molecule has 0 saturated heterocycles. The van der Waals surface area contributed by atoms with Gasteiger partial charge >= 0.3 is 0 Å². The second-order valence-electron chi connectivity index (χ2n) is 4.81. The lowest BCUT2D eigenvalue weighted by molar-refractivity contribution is 0.0400. The number of aryl methyl sites for hydroxylation is 1. The number of ether oxygens (including phenoxy) is 1. The molecule has 0 spiro atoms. The molecule has 18 heavy (non-hydrogen) atoms. The van der Waals surface area contributed by atoms with Gasteiger partial charge in [0.25, 0.3) is 0 Å². The summed E-state index contributed by atoms with van der Waals surface area (Å²) in [7, 11) is 1.91. The minimum atomic E-state index is 0.0757. The SMILES string of the molecule is CCOC(c1nc(C)c(CC)c(NC)n1)C1CC1. The summed E-state index contributed by atoms with van der Waals surface area (Å²) in [6.07, 6.45) is 3.49. The van der Waals surface area contributed by atoms with E-state index in [0.29, 0.717) is 12.5 Å². The molecule has 1 fully saturated rings. The van der Waals surface area contributed by atoms with Gasteiger partial charge in [-0.15, -0.1) is 0 Å². The zero-order valence-corrected chi connectivity index (χ0v) is 11.8. The van der Waals surface area contributed by atoms with Gasteiger partial charge in [-0.05, 0) is 39.0 Å². The third-order valence-electron chi connectivity index (χ3n) is 3.47. The molecule has 0 amide bonds. The van der Waals surface area contributed by atoms with Crippen LogP contribution in [0.5, 0.6) is 0 Å².